The molecule has 5 atom stereocenters. The van der Waals surface area contributed by atoms with Gasteiger partial charge in [-0.1, -0.05) is 0 Å². The standard InChI is InChI=1S/C20H24N4O10/c1-9(25)24-12-7-22-14-13(11(8-32-18(21)28)19(22,31-2)16(12)24)17(27)20(33-5-6-34-20)10(15(14)26)3-4-23(29)30/h10-12,16H,3-8H2,1-2H3,(H2,21,28)/t10?,11-,12+,16+,19-,24?/m1/s1. The lowest BCUT2D eigenvalue weighted by molar-refractivity contribution is -0.482. The van der Waals surface area contributed by atoms with Gasteiger partial charge in [-0.25, -0.2) is 4.79 Å². The van der Waals surface area contributed by atoms with Crippen LogP contribution in [0.25, 0.3) is 0 Å². The van der Waals surface area contributed by atoms with Crippen molar-refractivity contribution in [3.63, 3.8) is 0 Å². The van der Waals surface area contributed by atoms with E-state index in [0.29, 0.717) is 0 Å². The lowest BCUT2D eigenvalue weighted by Gasteiger charge is -2.41. The summed E-state index contributed by atoms with van der Waals surface area (Å²) >= 11 is 0. The molecule has 4 heterocycles. The first-order valence-corrected chi connectivity index (χ1v) is 10.9. The van der Waals surface area contributed by atoms with Crippen molar-refractivity contribution in [3.8, 4) is 0 Å². The van der Waals surface area contributed by atoms with E-state index < -0.39 is 58.5 Å². The van der Waals surface area contributed by atoms with Gasteiger partial charge in [0.15, 0.2) is 11.5 Å². The van der Waals surface area contributed by atoms with Gasteiger partial charge in [-0.3, -0.25) is 24.5 Å². The molecule has 0 aromatic carbocycles. The highest BCUT2D eigenvalue weighted by Crippen LogP contribution is 2.61. The Balaban J connectivity index is 1.63. The molecule has 1 unspecified atom stereocenters. The molecule has 5 rings (SSSR count). The van der Waals surface area contributed by atoms with Gasteiger partial charge in [0.05, 0.1) is 36.8 Å². The van der Waals surface area contributed by atoms with Crippen LogP contribution in [0.2, 0.25) is 0 Å². The molecular weight excluding hydrogens is 456 g/mol. The summed E-state index contributed by atoms with van der Waals surface area (Å²) in [5, 5.41) is 11.1. The van der Waals surface area contributed by atoms with Gasteiger partial charge >= 0.3 is 6.09 Å². The predicted octanol–water partition coefficient (Wildman–Crippen LogP) is -1.60. The highest BCUT2D eigenvalue weighted by Gasteiger charge is 2.79. The number of fused-ring (bicyclic) bond motifs is 4. The normalized spacial score (nSPS) is 34.9. The molecule has 3 fully saturated rings. The quantitative estimate of drug-likeness (QED) is 0.263. The van der Waals surface area contributed by atoms with E-state index in [-0.39, 0.29) is 56.0 Å². The molecule has 14 heteroatoms. The lowest BCUT2D eigenvalue weighted by atomic mass is 9.74. The molecule has 0 saturated carbocycles. The van der Waals surface area contributed by atoms with Crippen molar-refractivity contribution >= 4 is 23.6 Å². The van der Waals surface area contributed by atoms with Gasteiger partial charge in [0, 0.05) is 37.5 Å². The molecule has 0 bridgehead atoms. The molecule has 184 valence electrons. The number of nitrogens with zero attached hydrogens (tertiary/aromatic N) is 3. The minimum Gasteiger partial charge on any atom is -0.449 e. The van der Waals surface area contributed by atoms with Gasteiger partial charge in [-0.05, 0) is 0 Å². The summed E-state index contributed by atoms with van der Waals surface area (Å²) in [6.45, 7) is 0.722. The number of ether oxygens (including phenoxy) is 4. The van der Waals surface area contributed by atoms with Crippen LogP contribution in [0.15, 0.2) is 11.3 Å². The number of nitro groups is 1. The maximum atomic E-state index is 13.9. The zero-order chi connectivity index (χ0) is 24.6. The van der Waals surface area contributed by atoms with Crippen LogP contribution in [0.4, 0.5) is 4.79 Å². The third-order valence-corrected chi connectivity index (χ3v) is 7.49. The number of carbonyl (C=O) groups excluding carboxylic acids is 4. The van der Waals surface area contributed by atoms with E-state index in [4.69, 9.17) is 24.7 Å². The Morgan fingerprint density at radius 1 is 1.26 bits per heavy atom. The van der Waals surface area contributed by atoms with Crippen molar-refractivity contribution in [2.45, 2.75) is 36.9 Å². The second kappa shape index (κ2) is 7.45. The summed E-state index contributed by atoms with van der Waals surface area (Å²) in [7, 11) is 1.39. The summed E-state index contributed by atoms with van der Waals surface area (Å²) in [5.74, 6) is -5.63. The van der Waals surface area contributed by atoms with Crippen molar-refractivity contribution < 1.29 is 43.0 Å². The zero-order valence-electron chi connectivity index (χ0n) is 18.6. The maximum Gasteiger partial charge on any atom is 0.404 e. The maximum absolute atomic E-state index is 13.9. The average molecular weight is 480 g/mol. The Morgan fingerprint density at radius 3 is 2.50 bits per heavy atom. The van der Waals surface area contributed by atoms with E-state index in [0.717, 1.165) is 0 Å². The van der Waals surface area contributed by atoms with Crippen molar-refractivity contribution in [1.82, 2.24) is 9.80 Å². The number of primary amides is 1. The number of allylic oxidation sites excluding steroid dienone is 1. The van der Waals surface area contributed by atoms with Crippen LogP contribution >= 0.6 is 0 Å². The molecule has 1 aliphatic carbocycles. The summed E-state index contributed by atoms with van der Waals surface area (Å²) in [5.41, 5.74) is 3.87. The molecule has 4 aliphatic heterocycles. The molecular formula is C20H24N4O10. The topological polar surface area (TPSA) is 181 Å². The number of rotatable bonds is 6. The second-order valence-corrected chi connectivity index (χ2v) is 8.91. The van der Waals surface area contributed by atoms with E-state index >= 15 is 0 Å². The minimum atomic E-state index is -2.01. The Bertz CT molecular complexity index is 1040. The number of amides is 2. The summed E-state index contributed by atoms with van der Waals surface area (Å²) < 4.78 is 22.4. The number of hydrogen-bond donors (Lipinski definition) is 1. The molecule has 3 saturated heterocycles. The Kier molecular flexibility index (Phi) is 4.97. The van der Waals surface area contributed by atoms with Crippen molar-refractivity contribution in [2.75, 3.05) is 40.0 Å². The Labute approximate surface area is 193 Å². The van der Waals surface area contributed by atoms with E-state index in [1.165, 1.54) is 14.0 Å². The van der Waals surface area contributed by atoms with Crippen LogP contribution in [0.3, 0.4) is 0 Å². The monoisotopic (exact) mass is 480 g/mol. The molecule has 2 amide bonds. The van der Waals surface area contributed by atoms with Crippen molar-refractivity contribution in [3.05, 3.63) is 21.4 Å². The Morgan fingerprint density at radius 2 is 1.94 bits per heavy atom. The summed E-state index contributed by atoms with van der Waals surface area (Å²) in [4.78, 5) is 65.2. The largest absolute Gasteiger partial charge is 0.449 e. The van der Waals surface area contributed by atoms with Gasteiger partial charge in [0.1, 0.15) is 12.6 Å². The Hall–Kier alpha value is -3.10. The van der Waals surface area contributed by atoms with Gasteiger partial charge in [0.25, 0.3) is 0 Å². The molecule has 5 aliphatic rings. The first kappa shape index (κ1) is 22.7. The van der Waals surface area contributed by atoms with Crippen LogP contribution in [0.1, 0.15) is 13.3 Å². The zero-order valence-corrected chi connectivity index (χ0v) is 18.6. The van der Waals surface area contributed by atoms with Gasteiger partial charge in [0.2, 0.25) is 24.0 Å². The number of carbonyl (C=O) groups is 4. The predicted molar refractivity (Wildman–Crippen MR) is 107 cm³/mol. The molecule has 0 radical (unpaired) electrons. The van der Waals surface area contributed by atoms with E-state index in [9.17, 15) is 29.3 Å². The number of Topliss-reactive ketones (excluding diaryl/α,β-unsaturated/α-hetero) is 2. The third-order valence-electron chi connectivity index (χ3n) is 7.49. The van der Waals surface area contributed by atoms with Crippen LogP contribution in [0, 0.1) is 22.0 Å². The highest BCUT2D eigenvalue weighted by molar-refractivity contribution is 6.17. The molecule has 1 spiro atoms. The fourth-order valence-electron chi connectivity index (χ4n) is 6.31. The summed E-state index contributed by atoms with van der Waals surface area (Å²) in [6.07, 6.45) is -1.35. The highest BCUT2D eigenvalue weighted by atomic mass is 16.7. The first-order valence-electron chi connectivity index (χ1n) is 10.9. The molecule has 0 aromatic heterocycles. The smallest absolute Gasteiger partial charge is 0.404 e. The molecule has 34 heavy (non-hydrogen) atoms. The number of methoxy groups -OCH3 is 1. The van der Waals surface area contributed by atoms with Crippen LogP contribution in [-0.2, 0) is 33.3 Å². The minimum absolute atomic E-state index is 0.00112. The van der Waals surface area contributed by atoms with E-state index in [2.05, 4.69) is 0 Å². The van der Waals surface area contributed by atoms with Crippen molar-refractivity contribution in [1.29, 1.82) is 0 Å². The van der Waals surface area contributed by atoms with Crippen LogP contribution < -0.4 is 5.73 Å². The van der Waals surface area contributed by atoms with E-state index in [1.807, 2.05) is 0 Å². The SMILES string of the molecule is CO[C@@]12[C@H](COC(N)=O)C3=C(C(=O)C(CC[N+](=O)[O-])C4(OCCO4)C3=O)N1C[C@H]1[C@@H]2N1C(C)=O. The number of ketones is 2. The summed E-state index contributed by atoms with van der Waals surface area (Å²) in [6, 6.07) is -0.765. The fraction of sp³-hybridized carbons (Fsp3) is 0.700. The first-order chi connectivity index (χ1) is 16.1. The average Bonchev–Trinajstić information content (AvgIpc) is 3.07. The molecule has 2 N–H and O–H groups in total. The third kappa shape index (κ3) is 2.72. The molecule has 0 aromatic rings. The van der Waals surface area contributed by atoms with Gasteiger partial charge in [-0.2, -0.15) is 0 Å². The van der Waals surface area contributed by atoms with Crippen LogP contribution in [-0.4, -0.2) is 102 Å². The van der Waals surface area contributed by atoms with E-state index in [1.54, 1.807) is 9.80 Å². The van der Waals surface area contributed by atoms with Gasteiger partial charge in [-0.15, -0.1) is 0 Å². The number of piperazine rings is 1. The fourth-order valence-corrected chi connectivity index (χ4v) is 6.31. The second-order valence-electron chi connectivity index (χ2n) is 8.91. The molecule has 14 nitrogen and oxygen atoms in total. The van der Waals surface area contributed by atoms with Crippen LogP contribution in [0.5, 0.6) is 0 Å². The lowest BCUT2D eigenvalue weighted by Crippen LogP contribution is -2.56. The van der Waals surface area contributed by atoms with Gasteiger partial charge < -0.3 is 34.5 Å². The van der Waals surface area contributed by atoms with Crippen molar-refractivity contribution in [2.24, 2.45) is 17.6 Å². The number of nitrogens with two attached hydrogens (primary N) is 1. The number of hydrogen-bond acceptors (Lipinski definition) is 11.